The molecule has 2 aromatic carbocycles. The molecular formula is C27H35N5O3. The average molecular weight is 478 g/mol. The van der Waals surface area contributed by atoms with E-state index in [2.05, 4.69) is 58.6 Å². The molecule has 35 heavy (non-hydrogen) atoms. The maximum Gasteiger partial charge on any atom is 0.263 e. The van der Waals surface area contributed by atoms with E-state index >= 15 is 0 Å². The second-order valence-corrected chi connectivity index (χ2v) is 8.74. The molecule has 1 atom stereocenters. The normalized spacial score (nSPS) is 12.0. The summed E-state index contributed by atoms with van der Waals surface area (Å²) in [7, 11) is 0. The monoisotopic (exact) mass is 477 g/mol. The Balaban J connectivity index is 1.80. The number of carbonyl (C=O) groups excluding carboxylic acids is 2. The second-order valence-electron chi connectivity index (χ2n) is 8.74. The average Bonchev–Trinajstić information content (AvgIpc) is 2.85. The summed E-state index contributed by atoms with van der Waals surface area (Å²) in [5, 5.41) is 6.08. The molecule has 8 heteroatoms. The summed E-state index contributed by atoms with van der Waals surface area (Å²) in [6.45, 7) is 11.6. The first-order valence-corrected chi connectivity index (χ1v) is 12.2. The molecule has 2 amide bonds. The Morgan fingerprint density at radius 1 is 1.11 bits per heavy atom. The van der Waals surface area contributed by atoms with Crippen molar-refractivity contribution >= 4 is 28.9 Å². The highest BCUT2D eigenvalue weighted by Gasteiger charge is 2.17. The van der Waals surface area contributed by atoms with Crippen LogP contribution in [0.5, 0.6) is 0 Å². The van der Waals surface area contributed by atoms with Crippen LogP contribution in [0, 0.1) is 6.92 Å². The molecule has 0 aliphatic carbocycles. The van der Waals surface area contributed by atoms with Gasteiger partial charge >= 0.3 is 0 Å². The van der Waals surface area contributed by atoms with E-state index in [4.69, 9.17) is 0 Å². The van der Waals surface area contributed by atoms with Crippen molar-refractivity contribution in [3.63, 3.8) is 0 Å². The summed E-state index contributed by atoms with van der Waals surface area (Å²) < 4.78 is 1.63. The Bertz CT molecular complexity index is 1220. The summed E-state index contributed by atoms with van der Waals surface area (Å²) in [5.41, 5.74) is 3.62. The van der Waals surface area contributed by atoms with Gasteiger partial charge in [-0.15, -0.1) is 0 Å². The minimum atomic E-state index is -0.364. The lowest BCUT2D eigenvalue weighted by molar-refractivity contribution is -0.125. The van der Waals surface area contributed by atoms with Gasteiger partial charge in [0, 0.05) is 31.2 Å². The lowest BCUT2D eigenvalue weighted by atomic mass is 10.1. The van der Waals surface area contributed by atoms with Crippen molar-refractivity contribution in [2.24, 2.45) is 0 Å². The highest BCUT2D eigenvalue weighted by molar-refractivity contribution is 5.90. The summed E-state index contributed by atoms with van der Waals surface area (Å²) in [5.74, 6) is 0.225. The number of aromatic nitrogens is 2. The number of hydrogen-bond donors (Lipinski definition) is 2. The van der Waals surface area contributed by atoms with Crippen LogP contribution in [0.4, 0.5) is 5.69 Å². The predicted molar refractivity (Wildman–Crippen MR) is 139 cm³/mol. The maximum absolute atomic E-state index is 13.5. The van der Waals surface area contributed by atoms with Crippen LogP contribution in [0.1, 0.15) is 56.6 Å². The van der Waals surface area contributed by atoms with Gasteiger partial charge in [0.05, 0.1) is 10.9 Å². The molecule has 0 radical (unpaired) electrons. The molecule has 0 spiro atoms. The third-order valence-corrected chi connectivity index (χ3v) is 6.36. The van der Waals surface area contributed by atoms with Crippen LogP contribution in [0.25, 0.3) is 10.9 Å². The largest absolute Gasteiger partial charge is 0.380 e. The van der Waals surface area contributed by atoms with Gasteiger partial charge < -0.3 is 5.32 Å². The first-order valence-electron chi connectivity index (χ1n) is 12.2. The number of fused-ring (bicyclic) bond motifs is 1. The molecule has 2 N–H and O–H groups in total. The fraction of sp³-hybridized carbons (Fsp3) is 0.407. The summed E-state index contributed by atoms with van der Waals surface area (Å²) in [6, 6.07) is 13.9. The van der Waals surface area contributed by atoms with Gasteiger partial charge in [-0.1, -0.05) is 44.2 Å². The molecular weight excluding hydrogens is 442 g/mol. The number of imide groups is 1. The standard InChI is InChI=1S/C27H35N5O3/c1-5-31(6-2)17-22-13-11-21(12-14-22)16-28-23-8-7-9-24-26(23)27(35)32(20(4)30-24)19(3)10-15-25(34)29-18-33/h7-9,11-14,18-19,28H,5-6,10,15-17H2,1-4H3,(H,29,33,34). The van der Waals surface area contributed by atoms with Crippen molar-refractivity contribution in [3.05, 3.63) is 69.8 Å². The third kappa shape index (κ3) is 6.54. The van der Waals surface area contributed by atoms with Crippen LogP contribution in [0.2, 0.25) is 0 Å². The van der Waals surface area contributed by atoms with E-state index in [9.17, 15) is 14.4 Å². The van der Waals surface area contributed by atoms with Crippen LogP contribution in [-0.4, -0.2) is 39.9 Å². The lowest BCUT2D eigenvalue weighted by Crippen LogP contribution is -2.29. The molecule has 3 rings (SSSR count). The van der Waals surface area contributed by atoms with E-state index < -0.39 is 0 Å². The van der Waals surface area contributed by atoms with Gasteiger partial charge in [-0.2, -0.15) is 0 Å². The Morgan fingerprint density at radius 3 is 2.46 bits per heavy atom. The van der Waals surface area contributed by atoms with Crippen molar-refractivity contribution in [3.8, 4) is 0 Å². The predicted octanol–water partition coefficient (Wildman–Crippen LogP) is 3.77. The van der Waals surface area contributed by atoms with Crippen molar-refractivity contribution in [1.82, 2.24) is 19.8 Å². The van der Waals surface area contributed by atoms with Crippen LogP contribution < -0.4 is 16.2 Å². The van der Waals surface area contributed by atoms with Crippen molar-refractivity contribution in [1.29, 1.82) is 0 Å². The van der Waals surface area contributed by atoms with Crippen molar-refractivity contribution in [2.75, 3.05) is 18.4 Å². The smallest absolute Gasteiger partial charge is 0.263 e. The van der Waals surface area contributed by atoms with Crippen LogP contribution in [-0.2, 0) is 22.7 Å². The fourth-order valence-electron chi connectivity index (χ4n) is 4.29. The molecule has 0 saturated carbocycles. The van der Waals surface area contributed by atoms with E-state index in [0.717, 1.165) is 30.9 Å². The van der Waals surface area contributed by atoms with Gasteiger partial charge in [-0.05, 0) is 56.6 Å². The molecule has 3 aromatic rings. The molecule has 1 aromatic heterocycles. The van der Waals surface area contributed by atoms with Crippen LogP contribution in [0.3, 0.4) is 0 Å². The van der Waals surface area contributed by atoms with Gasteiger partial charge in [0.1, 0.15) is 5.82 Å². The molecule has 1 heterocycles. The quantitative estimate of drug-likeness (QED) is 0.386. The summed E-state index contributed by atoms with van der Waals surface area (Å²) in [4.78, 5) is 42.7. The fourth-order valence-corrected chi connectivity index (χ4v) is 4.29. The number of rotatable bonds is 12. The number of nitrogens with one attached hydrogen (secondary N) is 2. The number of aryl methyl sites for hydroxylation is 1. The van der Waals surface area contributed by atoms with Crippen LogP contribution in [0.15, 0.2) is 47.3 Å². The van der Waals surface area contributed by atoms with Gasteiger partial charge in [-0.25, -0.2) is 4.98 Å². The summed E-state index contributed by atoms with van der Waals surface area (Å²) >= 11 is 0. The molecule has 0 fully saturated rings. The van der Waals surface area contributed by atoms with E-state index in [1.807, 2.05) is 25.1 Å². The zero-order valence-corrected chi connectivity index (χ0v) is 21.0. The Kier molecular flexibility index (Phi) is 9.14. The molecule has 0 bridgehead atoms. The number of benzene rings is 2. The van der Waals surface area contributed by atoms with E-state index in [1.54, 1.807) is 11.5 Å². The zero-order chi connectivity index (χ0) is 25.4. The third-order valence-electron chi connectivity index (χ3n) is 6.36. The zero-order valence-electron chi connectivity index (χ0n) is 21.0. The molecule has 186 valence electrons. The lowest BCUT2D eigenvalue weighted by Gasteiger charge is -2.19. The van der Waals surface area contributed by atoms with E-state index in [1.165, 1.54) is 5.56 Å². The molecule has 1 unspecified atom stereocenters. The Labute approximate surface area is 206 Å². The molecule has 0 saturated heterocycles. The van der Waals surface area contributed by atoms with E-state index in [-0.39, 0.29) is 23.9 Å². The molecule has 8 nitrogen and oxygen atoms in total. The number of anilines is 1. The van der Waals surface area contributed by atoms with Gasteiger partial charge in [-0.3, -0.25) is 29.2 Å². The number of nitrogens with zero attached hydrogens (tertiary/aromatic N) is 3. The SMILES string of the molecule is CCN(CC)Cc1ccc(CNc2cccc3nc(C)n(C(C)CCC(=O)NC=O)c(=O)c23)cc1. The van der Waals surface area contributed by atoms with Gasteiger partial charge in [0.15, 0.2) is 0 Å². The van der Waals surface area contributed by atoms with Crippen molar-refractivity contribution in [2.45, 2.75) is 59.7 Å². The highest BCUT2D eigenvalue weighted by atomic mass is 16.2. The van der Waals surface area contributed by atoms with Crippen molar-refractivity contribution < 1.29 is 9.59 Å². The number of amides is 2. The Hall–Kier alpha value is -3.52. The minimum Gasteiger partial charge on any atom is -0.380 e. The number of carbonyl (C=O) groups is 2. The topological polar surface area (TPSA) is 96.3 Å². The minimum absolute atomic E-state index is 0.145. The molecule has 0 aliphatic heterocycles. The maximum atomic E-state index is 13.5. The van der Waals surface area contributed by atoms with Gasteiger partial charge in [0.2, 0.25) is 12.3 Å². The number of hydrogen-bond acceptors (Lipinski definition) is 6. The highest BCUT2D eigenvalue weighted by Crippen LogP contribution is 2.22. The van der Waals surface area contributed by atoms with Gasteiger partial charge in [0.25, 0.3) is 5.56 Å². The second kappa shape index (κ2) is 12.3. The first-order chi connectivity index (χ1) is 16.9. The van der Waals surface area contributed by atoms with Crippen LogP contribution >= 0.6 is 0 Å². The van der Waals surface area contributed by atoms with E-state index in [0.29, 0.717) is 36.1 Å². The first kappa shape index (κ1) is 26.1. The Morgan fingerprint density at radius 2 is 1.80 bits per heavy atom. The summed E-state index contributed by atoms with van der Waals surface area (Å²) in [6.07, 6.45) is 0.940. The molecule has 0 aliphatic rings.